The Hall–Kier alpha value is -0.900. The van der Waals surface area contributed by atoms with Gasteiger partial charge in [0.25, 0.3) is 0 Å². The zero-order valence-corrected chi connectivity index (χ0v) is 12.1. The van der Waals surface area contributed by atoms with Crippen LogP contribution < -0.4 is 5.73 Å². The first-order valence-electron chi connectivity index (χ1n) is 6.01. The highest BCUT2D eigenvalue weighted by Crippen LogP contribution is 2.23. The average molecular weight is 281 g/mol. The Labute approximate surface area is 117 Å². The quantitative estimate of drug-likeness (QED) is 0.913. The minimum atomic E-state index is -0.0200. The molecule has 2 nitrogen and oxygen atoms in total. The van der Waals surface area contributed by atoms with E-state index in [2.05, 4.69) is 24.2 Å². The van der Waals surface area contributed by atoms with Crippen LogP contribution >= 0.6 is 22.9 Å². The highest BCUT2D eigenvalue weighted by molar-refractivity contribution is 7.09. The van der Waals surface area contributed by atoms with Crippen molar-refractivity contribution in [2.24, 2.45) is 5.73 Å². The van der Waals surface area contributed by atoms with Crippen molar-refractivity contribution < 1.29 is 0 Å². The lowest BCUT2D eigenvalue weighted by atomic mass is 10.1. The highest BCUT2D eigenvalue weighted by atomic mass is 35.5. The Morgan fingerprint density at radius 2 is 1.94 bits per heavy atom. The fourth-order valence-electron chi connectivity index (χ4n) is 1.70. The van der Waals surface area contributed by atoms with Gasteiger partial charge in [-0.1, -0.05) is 37.6 Å². The number of rotatable bonds is 4. The summed E-state index contributed by atoms with van der Waals surface area (Å²) in [7, 11) is 0. The Morgan fingerprint density at radius 1 is 1.28 bits per heavy atom. The summed E-state index contributed by atoms with van der Waals surface area (Å²) in [5.41, 5.74) is 8.44. The predicted octanol–water partition coefficient (Wildman–Crippen LogP) is 4.16. The number of nitrogens with two attached hydrogens (primary N) is 1. The van der Waals surface area contributed by atoms with Crippen molar-refractivity contribution in [3.8, 4) is 0 Å². The maximum atomic E-state index is 6.19. The van der Waals surface area contributed by atoms with Crippen LogP contribution in [0.5, 0.6) is 0 Å². The maximum absolute atomic E-state index is 6.19. The van der Waals surface area contributed by atoms with E-state index < -0.39 is 0 Å². The summed E-state index contributed by atoms with van der Waals surface area (Å²) in [5.74, 6) is 0.474. The molecule has 18 heavy (non-hydrogen) atoms. The molecule has 1 unspecified atom stereocenters. The van der Waals surface area contributed by atoms with Gasteiger partial charge in [0.2, 0.25) is 0 Å². The van der Waals surface area contributed by atoms with Gasteiger partial charge in [0.1, 0.15) is 0 Å². The summed E-state index contributed by atoms with van der Waals surface area (Å²) in [4.78, 5) is 4.61. The molecule has 1 heterocycles. The zero-order valence-electron chi connectivity index (χ0n) is 10.6. The SMILES string of the molecule is CC(C)c1csc(CC(N)c2ccc(Cl)cc2)n1. The topological polar surface area (TPSA) is 38.9 Å². The summed E-state index contributed by atoms with van der Waals surface area (Å²) in [5, 5.41) is 3.96. The summed E-state index contributed by atoms with van der Waals surface area (Å²) in [6.07, 6.45) is 0.777. The Kier molecular flexibility index (Phi) is 4.38. The normalized spacial score (nSPS) is 12.9. The van der Waals surface area contributed by atoms with Crippen LogP contribution in [0.1, 0.15) is 42.1 Å². The maximum Gasteiger partial charge on any atom is 0.0947 e. The van der Waals surface area contributed by atoms with Crippen molar-refractivity contribution >= 4 is 22.9 Å². The fourth-order valence-corrected chi connectivity index (χ4v) is 2.84. The second-order valence-corrected chi connectivity index (χ2v) is 6.06. The van der Waals surface area contributed by atoms with E-state index in [1.165, 1.54) is 0 Å². The Balaban J connectivity index is 2.06. The van der Waals surface area contributed by atoms with E-state index in [0.29, 0.717) is 5.92 Å². The van der Waals surface area contributed by atoms with Gasteiger partial charge in [0.05, 0.1) is 10.7 Å². The molecule has 1 aromatic heterocycles. The number of benzene rings is 1. The van der Waals surface area contributed by atoms with E-state index in [1.807, 2.05) is 24.3 Å². The molecule has 0 aliphatic carbocycles. The van der Waals surface area contributed by atoms with E-state index in [4.69, 9.17) is 17.3 Å². The van der Waals surface area contributed by atoms with Gasteiger partial charge in [-0.2, -0.15) is 0 Å². The average Bonchev–Trinajstić information content (AvgIpc) is 2.78. The van der Waals surface area contributed by atoms with Crippen LogP contribution in [0.3, 0.4) is 0 Å². The van der Waals surface area contributed by atoms with Crippen LogP contribution in [0, 0.1) is 0 Å². The third kappa shape index (κ3) is 3.31. The molecular formula is C14H17ClN2S. The summed E-state index contributed by atoms with van der Waals surface area (Å²) in [6.45, 7) is 4.30. The van der Waals surface area contributed by atoms with Gasteiger partial charge in [-0.15, -0.1) is 11.3 Å². The minimum Gasteiger partial charge on any atom is -0.324 e. The van der Waals surface area contributed by atoms with Crippen molar-refractivity contribution in [2.45, 2.75) is 32.2 Å². The van der Waals surface area contributed by atoms with Crippen molar-refractivity contribution in [3.63, 3.8) is 0 Å². The molecule has 1 aromatic carbocycles. The molecule has 96 valence electrons. The van der Waals surface area contributed by atoms with Gasteiger partial charge in [0, 0.05) is 22.9 Å². The lowest BCUT2D eigenvalue weighted by Crippen LogP contribution is -2.13. The van der Waals surface area contributed by atoms with Crippen LogP contribution in [0.4, 0.5) is 0 Å². The van der Waals surface area contributed by atoms with E-state index in [-0.39, 0.29) is 6.04 Å². The molecule has 0 saturated carbocycles. The first-order chi connectivity index (χ1) is 8.56. The van der Waals surface area contributed by atoms with Crippen molar-refractivity contribution in [1.82, 2.24) is 4.98 Å². The lowest BCUT2D eigenvalue weighted by molar-refractivity contribution is 0.710. The molecule has 0 aliphatic rings. The molecule has 0 radical (unpaired) electrons. The van der Waals surface area contributed by atoms with Crippen molar-refractivity contribution in [2.75, 3.05) is 0 Å². The third-order valence-electron chi connectivity index (χ3n) is 2.85. The molecule has 2 aromatic rings. The molecule has 0 spiro atoms. The molecule has 0 bridgehead atoms. The van der Waals surface area contributed by atoms with E-state index in [9.17, 15) is 0 Å². The zero-order chi connectivity index (χ0) is 13.1. The fraction of sp³-hybridized carbons (Fsp3) is 0.357. The lowest BCUT2D eigenvalue weighted by Gasteiger charge is -2.10. The van der Waals surface area contributed by atoms with Crippen LogP contribution in [0.2, 0.25) is 5.02 Å². The largest absolute Gasteiger partial charge is 0.324 e. The van der Waals surface area contributed by atoms with Gasteiger partial charge in [0.15, 0.2) is 0 Å². The van der Waals surface area contributed by atoms with Crippen LogP contribution in [-0.4, -0.2) is 4.98 Å². The first kappa shape index (κ1) is 13.5. The van der Waals surface area contributed by atoms with Crippen molar-refractivity contribution in [1.29, 1.82) is 0 Å². The summed E-state index contributed by atoms with van der Waals surface area (Å²) < 4.78 is 0. The number of hydrogen-bond acceptors (Lipinski definition) is 3. The molecule has 2 N–H and O–H groups in total. The van der Waals surface area contributed by atoms with Gasteiger partial charge in [-0.05, 0) is 23.6 Å². The molecule has 0 saturated heterocycles. The van der Waals surface area contributed by atoms with Gasteiger partial charge in [-0.3, -0.25) is 0 Å². The standard InChI is InChI=1S/C14H17ClN2S/c1-9(2)13-8-18-14(17-13)7-12(16)10-3-5-11(15)6-4-10/h3-6,8-9,12H,7,16H2,1-2H3. The molecule has 1 atom stereocenters. The van der Waals surface area contributed by atoms with Crippen LogP contribution in [-0.2, 0) is 6.42 Å². The number of nitrogens with zero attached hydrogens (tertiary/aromatic N) is 1. The van der Waals surface area contributed by atoms with Gasteiger partial charge in [-0.25, -0.2) is 4.98 Å². The molecule has 0 fully saturated rings. The van der Waals surface area contributed by atoms with Crippen LogP contribution in [0.25, 0.3) is 0 Å². The number of hydrogen-bond donors (Lipinski definition) is 1. The molecule has 0 amide bonds. The summed E-state index contributed by atoms with van der Waals surface area (Å²) in [6, 6.07) is 7.68. The monoisotopic (exact) mass is 280 g/mol. The van der Waals surface area contributed by atoms with Crippen LogP contribution in [0.15, 0.2) is 29.6 Å². The predicted molar refractivity (Wildman–Crippen MR) is 78.3 cm³/mol. The first-order valence-corrected chi connectivity index (χ1v) is 7.27. The smallest absolute Gasteiger partial charge is 0.0947 e. The summed E-state index contributed by atoms with van der Waals surface area (Å²) >= 11 is 7.55. The van der Waals surface area contributed by atoms with Gasteiger partial charge < -0.3 is 5.73 Å². The van der Waals surface area contributed by atoms with Gasteiger partial charge >= 0.3 is 0 Å². The third-order valence-corrected chi connectivity index (χ3v) is 4.00. The minimum absolute atomic E-state index is 0.0200. The Bertz CT molecular complexity index is 505. The highest BCUT2D eigenvalue weighted by Gasteiger charge is 2.11. The molecule has 2 rings (SSSR count). The Morgan fingerprint density at radius 3 is 2.50 bits per heavy atom. The number of aromatic nitrogens is 1. The van der Waals surface area contributed by atoms with Crippen molar-refractivity contribution in [3.05, 3.63) is 50.9 Å². The molecule has 0 aliphatic heterocycles. The van der Waals surface area contributed by atoms with E-state index in [0.717, 1.165) is 27.7 Å². The molecule has 4 heteroatoms. The number of thiazole rings is 1. The second kappa shape index (κ2) is 5.83. The van der Waals surface area contributed by atoms with E-state index in [1.54, 1.807) is 11.3 Å². The molecular weight excluding hydrogens is 264 g/mol. The second-order valence-electron chi connectivity index (χ2n) is 4.68. The van der Waals surface area contributed by atoms with E-state index >= 15 is 0 Å². The number of halogens is 1.